The molecule has 17 heteroatoms. The molecule has 184 valence electrons. The smallest absolute Gasteiger partial charge is 0.789 e. The number of aliphatic hydroxyl groups is 2. The van der Waals surface area contributed by atoms with Gasteiger partial charge >= 0.3 is 66.9 Å². The summed E-state index contributed by atoms with van der Waals surface area (Å²) in [7, 11) is -10.7. The molecule has 0 radical (unpaired) electrons. The molecule has 0 aliphatic heterocycles. The molecule has 6 N–H and O–H groups in total. The third kappa shape index (κ3) is 40.3. The maximum Gasteiger partial charge on any atom is 1.00 e. The molecule has 0 aromatic rings. The molecule has 2 amide bonds. The first-order valence-electron chi connectivity index (χ1n) is 9.63. The van der Waals surface area contributed by atoms with Gasteiger partial charge in [-0.05, 0) is 25.3 Å². The minimum atomic E-state index is -5.55. The van der Waals surface area contributed by atoms with E-state index in [-0.39, 0.29) is 84.1 Å². The van der Waals surface area contributed by atoms with Crippen molar-refractivity contribution >= 4 is 27.5 Å². The van der Waals surface area contributed by atoms with E-state index in [2.05, 4.69) is 14.9 Å². The predicted molar refractivity (Wildman–Crippen MR) is 107 cm³/mol. The molecule has 13 nitrogen and oxygen atoms in total. The minimum absolute atomic E-state index is 0. The maximum atomic E-state index is 11.3. The molecule has 0 heterocycles. The van der Waals surface area contributed by atoms with E-state index in [1.54, 1.807) is 0 Å². The van der Waals surface area contributed by atoms with Gasteiger partial charge in [-0.15, -0.1) is 0 Å². The Bertz CT molecular complexity index is 595. The van der Waals surface area contributed by atoms with Crippen molar-refractivity contribution in [3.63, 3.8) is 0 Å². The molecule has 0 aliphatic carbocycles. The molecule has 0 atom stereocenters. The largest absolute Gasteiger partial charge is 1.00 e. The van der Waals surface area contributed by atoms with Crippen LogP contribution in [0.2, 0.25) is 0 Å². The third-order valence-corrected chi connectivity index (χ3v) is 5.00. The average molecular weight is 536 g/mol. The van der Waals surface area contributed by atoms with Crippen LogP contribution in [0.5, 0.6) is 0 Å². The first-order valence-corrected chi connectivity index (χ1v) is 12.6. The van der Waals surface area contributed by atoms with E-state index in [9.17, 15) is 28.5 Å². The van der Waals surface area contributed by atoms with Crippen LogP contribution in [0.4, 0.5) is 0 Å². The molecular formula is C16H32N2Na2O11P2. The maximum absolute atomic E-state index is 11.3. The Hall–Kier alpha value is 0.860. The Morgan fingerprint density at radius 1 is 0.848 bits per heavy atom. The van der Waals surface area contributed by atoms with Gasteiger partial charge in [-0.3, -0.25) is 13.9 Å². The van der Waals surface area contributed by atoms with E-state index in [0.29, 0.717) is 19.5 Å². The van der Waals surface area contributed by atoms with E-state index < -0.39 is 15.6 Å². The molecule has 0 fully saturated rings. The second-order valence-corrected chi connectivity index (χ2v) is 8.70. The van der Waals surface area contributed by atoms with Crippen molar-refractivity contribution in [2.45, 2.75) is 51.4 Å². The molecular weight excluding hydrogens is 504 g/mol. The summed E-state index contributed by atoms with van der Waals surface area (Å²) in [4.78, 5) is 56.6. The number of phosphoric acid groups is 2. The molecule has 0 spiro atoms. The van der Waals surface area contributed by atoms with E-state index in [1.807, 2.05) is 6.08 Å². The van der Waals surface area contributed by atoms with Crippen LogP contribution in [0.3, 0.4) is 0 Å². The number of unbranched alkanes of at least 4 members (excludes halogenated alkanes) is 6. The van der Waals surface area contributed by atoms with E-state index in [0.717, 1.165) is 44.9 Å². The fourth-order valence-corrected chi connectivity index (χ4v) is 3.14. The number of allylic oxidation sites excluding steroid dienone is 1. The monoisotopic (exact) mass is 536 g/mol. The van der Waals surface area contributed by atoms with Crippen molar-refractivity contribution in [3.8, 4) is 0 Å². The number of hydrogen-bond acceptors (Lipinski definition) is 9. The summed E-state index contributed by atoms with van der Waals surface area (Å²) in [6.07, 6.45) is 11.2. The number of hydrogen-bond donors (Lipinski definition) is 6. The zero-order chi connectivity index (χ0) is 24.2. The normalized spacial score (nSPS) is 11.0. The van der Waals surface area contributed by atoms with Crippen molar-refractivity contribution in [3.05, 3.63) is 12.2 Å². The Balaban J connectivity index is -0.000000325. The zero-order valence-electron chi connectivity index (χ0n) is 19.2. The summed E-state index contributed by atoms with van der Waals surface area (Å²) in [5.74, 6) is -0.146. The van der Waals surface area contributed by atoms with Gasteiger partial charge in [0.25, 0.3) is 0 Å². The van der Waals surface area contributed by atoms with Gasteiger partial charge in [-0.1, -0.05) is 31.8 Å². The number of amides is 2. The number of carbonyl (C=O) groups is 2. The third-order valence-electron chi connectivity index (χ3n) is 3.35. The molecule has 0 saturated carbocycles. The predicted octanol–water partition coefficient (Wildman–Crippen LogP) is -7.19. The van der Waals surface area contributed by atoms with Crippen LogP contribution in [0.25, 0.3) is 0 Å². The average Bonchev–Trinajstić information content (AvgIpc) is 2.63. The Labute approximate surface area is 238 Å². The molecule has 0 bridgehead atoms. The summed E-state index contributed by atoms with van der Waals surface area (Å²) >= 11 is 0. The van der Waals surface area contributed by atoms with Crippen molar-refractivity contribution in [2.24, 2.45) is 0 Å². The Morgan fingerprint density at radius 3 is 1.79 bits per heavy atom. The van der Waals surface area contributed by atoms with Crippen LogP contribution in [-0.2, 0) is 23.0 Å². The molecule has 0 rings (SSSR count). The SMILES string of the molecule is O=C(C=CCCCCCCCCC(=O)NCCO)NCCO.O=P([O-])([O-])OP(=O)(O)O.[Na+].[Na+]. The fraction of sp³-hybridized carbons (Fsp3) is 0.750. The molecule has 0 aromatic heterocycles. The number of carbonyl (C=O) groups excluding carboxylic acids is 2. The van der Waals surface area contributed by atoms with Gasteiger partial charge in [0.2, 0.25) is 11.8 Å². The summed E-state index contributed by atoms with van der Waals surface area (Å²) in [5, 5.41) is 22.3. The van der Waals surface area contributed by atoms with Gasteiger partial charge in [0.05, 0.1) is 21.0 Å². The summed E-state index contributed by atoms with van der Waals surface area (Å²) < 4.78 is 21.7. The van der Waals surface area contributed by atoms with Crippen LogP contribution in [-0.4, -0.2) is 58.1 Å². The van der Waals surface area contributed by atoms with E-state index >= 15 is 0 Å². The summed E-state index contributed by atoms with van der Waals surface area (Å²) in [6.45, 7) is 0.581. The minimum Gasteiger partial charge on any atom is -0.789 e. The number of nitrogens with one attached hydrogen (secondary N) is 2. The molecule has 0 aromatic carbocycles. The molecule has 0 saturated heterocycles. The molecule has 33 heavy (non-hydrogen) atoms. The second-order valence-electron chi connectivity index (χ2n) is 6.17. The number of aliphatic hydroxyl groups excluding tert-OH is 2. The van der Waals surface area contributed by atoms with Crippen molar-refractivity contribution in [1.29, 1.82) is 0 Å². The fourth-order valence-electron chi connectivity index (χ4n) is 2.10. The van der Waals surface area contributed by atoms with Crippen molar-refractivity contribution in [2.75, 3.05) is 26.3 Å². The van der Waals surface area contributed by atoms with Gasteiger partial charge in [0, 0.05) is 19.5 Å². The first kappa shape index (κ1) is 41.0. The van der Waals surface area contributed by atoms with Gasteiger partial charge in [0.1, 0.15) is 0 Å². The van der Waals surface area contributed by atoms with Crippen molar-refractivity contribution < 1.29 is 112 Å². The Kier molecular flexibility index (Phi) is 32.2. The quantitative estimate of drug-likeness (QED) is 0.0470. The first-order chi connectivity index (χ1) is 14.4. The van der Waals surface area contributed by atoms with Gasteiger partial charge < -0.3 is 45.0 Å². The van der Waals surface area contributed by atoms with Crippen molar-refractivity contribution in [1.82, 2.24) is 10.6 Å². The second kappa shape index (κ2) is 25.9. The van der Waals surface area contributed by atoms with Gasteiger partial charge in [-0.2, -0.15) is 0 Å². The Morgan fingerprint density at radius 2 is 1.33 bits per heavy atom. The van der Waals surface area contributed by atoms with Gasteiger partial charge in [-0.25, -0.2) is 4.57 Å². The summed E-state index contributed by atoms with van der Waals surface area (Å²) in [5.41, 5.74) is 0. The molecule has 0 aliphatic rings. The van der Waals surface area contributed by atoms with E-state index in [4.69, 9.17) is 20.0 Å². The summed E-state index contributed by atoms with van der Waals surface area (Å²) in [6, 6.07) is 0. The van der Waals surface area contributed by atoms with Gasteiger partial charge in [0.15, 0.2) is 0 Å². The van der Waals surface area contributed by atoms with Crippen LogP contribution in [0.15, 0.2) is 12.2 Å². The van der Waals surface area contributed by atoms with Crippen LogP contribution in [0, 0.1) is 0 Å². The topological polar surface area (TPSA) is 229 Å². The van der Waals surface area contributed by atoms with E-state index in [1.165, 1.54) is 6.08 Å². The zero-order valence-corrected chi connectivity index (χ0v) is 25.0. The van der Waals surface area contributed by atoms with Crippen LogP contribution >= 0.6 is 15.6 Å². The van der Waals surface area contributed by atoms with Crippen LogP contribution < -0.4 is 79.5 Å². The standard InChI is InChI=1S/C16H30N2O4.2Na.H4O7P2/c19-13-11-17-15(21)9-7-5-3-1-2-4-6-8-10-16(22)18-12-14-20;;;1-8(2,3)7-9(4,5)6/h7,9,19-20H,1-6,8,10-14H2,(H,17,21)(H,18,22);;;(H2,1,2,3)(H2,4,5,6)/q;2*+1;/p-2. The van der Waals surface area contributed by atoms with Crippen LogP contribution in [0.1, 0.15) is 51.4 Å². The molecule has 0 unspecified atom stereocenters. The number of rotatable bonds is 16.